The number of rotatable bonds is 7. The van der Waals surface area contributed by atoms with Gasteiger partial charge in [-0.25, -0.2) is 0 Å². The van der Waals surface area contributed by atoms with E-state index in [0.29, 0.717) is 25.3 Å². The zero-order valence-electron chi connectivity index (χ0n) is 15.7. The second-order valence-corrected chi connectivity index (χ2v) is 6.75. The summed E-state index contributed by atoms with van der Waals surface area (Å²) in [7, 11) is 0. The van der Waals surface area contributed by atoms with Gasteiger partial charge in [0.15, 0.2) is 0 Å². The largest absolute Gasteiger partial charge is 0.435 e. The van der Waals surface area contributed by atoms with Crippen molar-refractivity contribution in [2.75, 3.05) is 32.8 Å². The first kappa shape index (κ1) is 20.2. The summed E-state index contributed by atoms with van der Waals surface area (Å²) in [5, 5.41) is 3.07. The van der Waals surface area contributed by atoms with Crippen LogP contribution >= 0.6 is 0 Å². The molecule has 0 saturated carbocycles. The molecule has 1 amide bonds. The molecule has 150 valence electrons. The Morgan fingerprint density at radius 2 is 1.75 bits per heavy atom. The van der Waals surface area contributed by atoms with Crippen molar-refractivity contribution in [2.45, 2.75) is 19.6 Å². The van der Waals surface area contributed by atoms with Gasteiger partial charge in [-0.15, -0.1) is 0 Å². The van der Waals surface area contributed by atoms with Gasteiger partial charge in [0.05, 0.1) is 19.3 Å². The Bertz CT molecular complexity index is 760. The van der Waals surface area contributed by atoms with E-state index in [9.17, 15) is 13.6 Å². The molecule has 1 fully saturated rings. The van der Waals surface area contributed by atoms with Crippen LogP contribution in [0.1, 0.15) is 27.5 Å². The lowest BCUT2D eigenvalue weighted by atomic mass is 10.0. The smallest absolute Gasteiger partial charge is 0.387 e. The first-order valence-corrected chi connectivity index (χ1v) is 9.23. The number of alkyl halides is 2. The lowest BCUT2D eigenvalue weighted by Crippen LogP contribution is -2.43. The van der Waals surface area contributed by atoms with Gasteiger partial charge in [-0.05, 0) is 36.8 Å². The highest BCUT2D eigenvalue weighted by Crippen LogP contribution is 2.19. The average Bonchev–Trinajstić information content (AvgIpc) is 2.69. The Kier molecular flexibility index (Phi) is 6.95. The van der Waals surface area contributed by atoms with E-state index in [1.165, 1.54) is 24.3 Å². The van der Waals surface area contributed by atoms with Gasteiger partial charge in [0.1, 0.15) is 5.75 Å². The van der Waals surface area contributed by atoms with Crippen molar-refractivity contribution in [2.24, 2.45) is 0 Å². The third-order valence-electron chi connectivity index (χ3n) is 4.67. The van der Waals surface area contributed by atoms with Crippen LogP contribution in [0.5, 0.6) is 5.75 Å². The van der Waals surface area contributed by atoms with E-state index in [4.69, 9.17) is 4.74 Å². The minimum absolute atomic E-state index is 0.0231. The molecule has 5 nitrogen and oxygen atoms in total. The van der Waals surface area contributed by atoms with Gasteiger partial charge >= 0.3 is 6.61 Å². The van der Waals surface area contributed by atoms with E-state index >= 15 is 0 Å². The molecule has 0 radical (unpaired) electrons. The lowest BCUT2D eigenvalue weighted by Gasteiger charge is -2.31. The average molecular weight is 390 g/mol. The monoisotopic (exact) mass is 390 g/mol. The van der Waals surface area contributed by atoms with E-state index in [2.05, 4.69) is 15.0 Å². The quantitative estimate of drug-likeness (QED) is 0.787. The topological polar surface area (TPSA) is 50.8 Å². The van der Waals surface area contributed by atoms with Gasteiger partial charge in [0.25, 0.3) is 5.91 Å². The van der Waals surface area contributed by atoms with Crippen molar-refractivity contribution in [1.82, 2.24) is 10.2 Å². The molecule has 0 aromatic heterocycles. The SMILES string of the molecule is Cc1ccc([C@H](CN2CCOCC2)NC(=O)c2ccc(OC(F)F)cc2)cc1. The molecule has 1 aliphatic rings. The van der Waals surface area contributed by atoms with E-state index in [-0.39, 0.29) is 17.7 Å². The van der Waals surface area contributed by atoms with Crippen LogP contribution in [0.3, 0.4) is 0 Å². The van der Waals surface area contributed by atoms with E-state index in [1.807, 2.05) is 31.2 Å². The van der Waals surface area contributed by atoms with Crippen molar-refractivity contribution in [1.29, 1.82) is 0 Å². The van der Waals surface area contributed by atoms with Crippen LogP contribution in [0.4, 0.5) is 8.78 Å². The third-order valence-corrected chi connectivity index (χ3v) is 4.67. The van der Waals surface area contributed by atoms with Crippen molar-refractivity contribution >= 4 is 5.91 Å². The van der Waals surface area contributed by atoms with Crippen LogP contribution in [0, 0.1) is 6.92 Å². The van der Waals surface area contributed by atoms with Crippen molar-refractivity contribution in [3.63, 3.8) is 0 Å². The van der Waals surface area contributed by atoms with Gasteiger partial charge in [-0.1, -0.05) is 29.8 Å². The van der Waals surface area contributed by atoms with Gasteiger partial charge in [0.2, 0.25) is 0 Å². The summed E-state index contributed by atoms with van der Waals surface area (Å²) < 4.78 is 34.3. The Balaban J connectivity index is 1.72. The van der Waals surface area contributed by atoms with Crippen LogP contribution in [0.15, 0.2) is 48.5 Å². The number of hydrogen-bond donors (Lipinski definition) is 1. The van der Waals surface area contributed by atoms with Crippen molar-refractivity contribution in [3.05, 3.63) is 65.2 Å². The minimum Gasteiger partial charge on any atom is -0.435 e. The fraction of sp³-hybridized carbons (Fsp3) is 0.381. The second kappa shape index (κ2) is 9.61. The van der Waals surface area contributed by atoms with E-state index in [1.54, 1.807) is 0 Å². The van der Waals surface area contributed by atoms with Gasteiger partial charge in [0, 0.05) is 25.2 Å². The Labute approximate surface area is 163 Å². The molecule has 0 aliphatic carbocycles. The number of amides is 1. The maximum Gasteiger partial charge on any atom is 0.387 e. The summed E-state index contributed by atoms with van der Waals surface area (Å²) in [6, 6.07) is 13.6. The molecule has 0 bridgehead atoms. The van der Waals surface area contributed by atoms with Crippen molar-refractivity contribution in [3.8, 4) is 5.75 Å². The van der Waals surface area contributed by atoms with Gasteiger partial charge in [-0.2, -0.15) is 8.78 Å². The summed E-state index contributed by atoms with van der Waals surface area (Å²) in [6.45, 7) is 2.79. The zero-order valence-corrected chi connectivity index (χ0v) is 15.7. The molecule has 0 spiro atoms. The normalized spacial score (nSPS) is 16.0. The predicted octanol–water partition coefficient (Wildman–Crippen LogP) is 3.40. The molecule has 3 rings (SSSR count). The highest BCUT2D eigenvalue weighted by molar-refractivity contribution is 5.94. The van der Waals surface area contributed by atoms with Crippen molar-refractivity contribution < 1.29 is 23.0 Å². The van der Waals surface area contributed by atoms with Gasteiger partial charge in [-0.3, -0.25) is 9.69 Å². The van der Waals surface area contributed by atoms with Crippen LogP contribution in [0.2, 0.25) is 0 Å². The lowest BCUT2D eigenvalue weighted by molar-refractivity contribution is -0.0498. The third kappa shape index (κ3) is 5.74. The summed E-state index contributed by atoms with van der Waals surface area (Å²) in [5.41, 5.74) is 2.55. The number of hydrogen-bond acceptors (Lipinski definition) is 4. The van der Waals surface area contributed by atoms with Gasteiger partial charge < -0.3 is 14.8 Å². The molecule has 7 heteroatoms. The standard InChI is InChI=1S/C21H24F2N2O3/c1-15-2-4-16(5-3-15)19(14-25-10-12-27-13-11-25)24-20(26)17-6-8-18(9-7-17)28-21(22)23/h2-9,19,21H,10-14H2,1H3,(H,24,26)/t19-/m0/s1. The van der Waals surface area contributed by atoms with Crippen LogP contribution in [-0.2, 0) is 4.74 Å². The number of carbonyl (C=O) groups excluding carboxylic acids is 1. The van der Waals surface area contributed by atoms with E-state index < -0.39 is 6.61 Å². The molecule has 0 unspecified atom stereocenters. The summed E-state index contributed by atoms with van der Waals surface area (Å²) in [6.07, 6.45) is 0. The fourth-order valence-corrected chi connectivity index (χ4v) is 3.10. The summed E-state index contributed by atoms with van der Waals surface area (Å²) in [4.78, 5) is 15.0. The number of nitrogens with one attached hydrogen (secondary N) is 1. The number of morpholine rings is 1. The summed E-state index contributed by atoms with van der Waals surface area (Å²) in [5.74, 6) is -0.239. The van der Waals surface area contributed by atoms with E-state index in [0.717, 1.165) is 24.2 Å². The van der Waals surface area contributed by atoms with Crippen LogP contribution in [-0.4, -0.2) is 50.3 Å². The molecule has 1 heterocycles. The number of halogens is 2. The molecule has 28 heavy (non-hydrogen) atoms. The second-order valence-electron chi connectivity index (χ2n) is 6.75. The molecule has 2 aromatic carbocycles. The molecule has 1 atom stereocenters. The molecular weight excluding hydrogens is 366 g/mol. The zero-order chi connectivity index (χ0) is 19.9. The summed E-state index contributed by atoms with van der Waals surface area (Å²) >= 11 is 0. The first-order valence-electron chi connectivity index (χ1n) is 9.23. The maximum absolute atomic E-state index is 12.7. The molecule has 1 saturated heterocycles. The molecular formula is C21H24F2N2O3. The highest BCUT2D eigenvalue weighted by atomic mass is 19.3. The van der Waals surface area contributed by atoms with Crippen LogP contribution in [0.25, 0.3) is 0 Å². The number of aryl methyl sites for hydroxylation is 1. The maximum atomic E-state index is 12.7. The Hall–Kier alpha value is -2.51. The fourth-order valence-electron chi connectivity index (χ4n) is 3.10. The number of nitrogens with zero attached hydrogens (tertiary/aromatic N) is 1. The van der Waals surface area contributed by atoms with Crippen LogP contribution < -0.4 is 10.1 Å². The first-order chi connectivity index (χ1) is 13.5. The molecule has 2 aromatic rings. The molecule has 1 N–H and O–H groups in total. The Morgan fingerprint density at radius 3 is 2.36 bits per heavy atom. The number of carbonyl (C=O) groups is 1. The minimum atomic E-state index is -2.89. The highest BCUT2D eigenvalue weighted by Gasteiger charge is 2.21. The Morgan fingerprint density at radius 1 is 1.11 bits per heavy atom. The molecule has 1 aliphatic heterocycles. The number of ether oxygens (including phenoxy) is 2. The predicted molar refractivity (Wildman–Crippen MR) is 102 cm³/mol. The number of benzene rings is 2.